The number of benzene rings is 2. The first kappa shape index (κ1) is 18.3. The van der Waals surface area contributed by atoms with Gasteiger partial charge in [0.05, 0.1) is 6.61 Å². The Balaban J connectivity index is 2.38. The summed E-state index contributed by atoms with van der Waals surface area (Å²) in [5.41, 5.74) is 0.399. The number of nitrogens with one attached hydrogen (secondary N) is 1. The van der Waals surface area contributed by atoms with E-state index in [0.717, 1.165) is 0 Å². The lowest BCUT2D eigenvalue weighted by Crippen LogP contribution is -2.30. The predicted molar refractivity (Wildman–Crippen MR) is 91.1 cm³/mol. The lowest BCUT2D eigenvalue weighted by atomic mass is 10.0. The van der Waals surface area contributed by atoms with Gasteiger partial charge < -0.3 is 10.1 Å². The molecule has 2 aromatic carbocycles. The monoisotopic (exact) mass is 345 g/mol. The zero-order valence-corrected chi connectivity index (χ0v) is 13.5. The summed E-state index contributed by atoms with van der Waals surface area (Å²) < 4.78 is 32.6. The van der Waals surface area contributed by atoms with E-state index in [9.17, 15) is 18.4 Å². The lowest BCUT2D eigenvalue weighted by Gasteiger charge is -2.14. The van der Waals surface area contributed by atoms with Gasteiger partial charge >= 0.3 is 11.9 Å². The van der Waals surface area contributed by atoms with Gasteiger partial charge in [0.15, 0.2) is 0 Å². The predicted octanol–water partition coefficient (Wildman–Crippen LogP) is 3.91. The molecule has 0 unspecified atom stereocenters. The van der Waals surface area contributed by atoms with Gasteiger partial charge in [0.2, 0.25) is 0 Å². The molecule has 0 atom stereocenters. The third kappa shape index (κ3) is 4.97. The number of anilines is 1. The Hall–Kier alpha value is -3.02. The van der Waals surface area contributed by atoms with Crippen LogP contribution in [-0.4, -0.2) is 24.4 Å². The van der Waals surface area contributed by atoms with Crippen LogP contribution in [-0.2, 0) is 14.3 Å². The Morgan fingerprint density at radius 1 is 1.04 bits per heavy atom. The van der Waals surface area contributed by atoms with Crippen LogP contribution in [0.4, 0.5) is 14.5 Å². The van der Waals surface area contributed by atoms with Crippen LogP contribution in [0.15, 0.2) is 66.7 Å². The van der Waals surface area contributed by atoms with Crippen LogP contribution in [0.3, 0.4) is 0 Å². The average molecular weight is 345 g/mol. The van der Waals surface area contributed by atoms with Crippen molar-refractivity contribution in [3.8, 4) is 0 Å². The van der Waals surface area contributed by atoms with E-state index < -0.39 is 17.8 Å². The molecule has 0 spiro atoms. The third-order valence-corrected chi connectivity index (χ3v) is 3.23. The molecule has 0 bridgehead atoms. The smallest absolute Gasteiger partial charge is 0.381 e. The quantitative estimate of drug-likeness (QED) is 0.638. The third-order valence-electron chi connectivity index (χ3n) is 3.23. The number of carbonyl (C=O) groups excluding carboxylic acids is 2. The summed E-state index contributed by atoms with van der Waals surface area (Å²) in [5, 5.41) is 2.54. The molecule has 130 valence electrons. The SMILES string of the molecule is CCOC(=O)C(F)(F)/C=C(/C(=O)Nc1ccccc1)c1ccccc1. The van der Waals surface area contributed by atoms with Crippen LogP contribution in [0.2, 0.25) is 0 Å². The molecule has 0 radical (unpaired) electrons. The van der Waals surface area contributed by atoms with Crippen LogP contribution >= 0.6 is 0 Å². The van der Waals surface area contributed by atoms with Crippen LogP contribution in [0.1, 0.15) is 12.5 Å². The fourth-order valence-electron chi connectivity index (χ4n) is 2.09. The van der Waals surface area contributed by atoms with Crippen molar-refractivity contribution < 1.29 is 23.1 Å². The highest BCUT2D eigenvalue weighted by atomic mass is 19.3. The number of esters is 1. The molecular formula is C19H17F2NO3. The number of hydrogen-bond acceptors (Lipinski definition) is 3. The van der Waals surface area contributed by atoms with Gasteiger partial charge in [-0.3, -0.25) is 4.79 Å². The number of carbonyl (C=O) groups is 2. The molecule has 2 aromatic rings. The van der Waals surface area contributed by atoms with Gasteiger partial charge in [-0.25, -0.2) is 4.79 Å². The molecule has 0 aliphatic rings. The minimum Gasteiger partial charge on any atom is -0.461 e. The summed E-state index contributed by atoms with van der Waals surface area (Å²) in [7, 11) is 0. The molecule has 1 amide bonds. The van der Waals surface area contributed by atoms with Gasteiger partial charge in [0.25, 0.3) is 5.91 Å². The summed E-state index contributed by atoms with van der Waals surface area (Å²) in [5.74, 6) is -6.37. The van der Waals surface area contributed by atoms with Gasteiger partial charge in [0.1, 0.15) is 0 Å². The standard InChI is InChI=1S/C19H17F2NO3/c1-2-25-18(24)19(20,21)13-16(14-9-5-3-6-10-14)17(23)22-15-11-7-4-8-12-15/h3-13H,2H2,1H3,(H,22,23)/b16-13+. The maximum atomic E-state index is 14.1. The van der Waals surface area contributed by atoms with E-state index in [1.165, 1.54) is 19.1 Å². The number of ether oxygens (including phenoxy) is 1. The van der Waals surface area contributed by atoms with Crippen LogP contribution in [0, 0.1) is 0 Å². The molecule has 0 heterocycles. The van der Waals surface area contributed by atoms with Crippen molar-refractivity contribution in [2.24, 2.45) is 0 Å². The van der Waals surface area contributed by atoms with E-state index in [-0.39, 0.29) is 17.7 Å². The van der Waals surface area contributed by atoms with Crippen molar-refractivity contribution in [2.45, 2.75) is 12.8 Å². The zero-order chi connectivity index (χ0) is 18.3. The summed E-state index contributed by atoms with van der Waals surface area (Å²) in [4.78, 5) is 24.0. The van der Waals surface area contributed by atoms with Crippen molar-refractivity contribution in [3.63, 3.8) is 0 Å². The van der Waals surface area contributed by atoms with Crippen LogP contribution in [0.25, 0.3) is 5.57 Å². The Labute approximate surface area is 144 Å². The number of hydrogen-bond donors (Lipinski definition) is 1. The highest BCUT2D eigenvalue weighted by Crippen LogP contribution is 2.26. The van der Waals surface area contributed by atoms with Gasteiger partial charge in [-0.1, -0.05) is 48.5 Å². The van der Waals surface area contributed by atoms with Crippen LogP contribution < -0.4 is 5.32 Å². The highest BCUT2D eigenvalue weighted by molar-refractivity contribution is 6.25. The topological polar surface area (TPSA) is 55.4 Å². The van der Waals surface area contributed by atoms with Crippen molar-refractivity contribution in [1.82, 2.24) is 0 Å². The molecule has 0 saturated carbocycles. The molecule has 0 saturated heterocycles. The molecule has 0 aliphatic heterocycles. The molecule has 2 rings (SSSR count). The van der Waals surface area contributed by atoms with Crippen LogP contribution in [0.5, 0.6) is 0 Å². The van der Waals surface area contributed by atoms with Crippen molar-refractivity contribution in [3.05, 3.63) is 72.3 Å². The van der Waals surface area contributed by atoms with E-state index in [4.69, 9.17) is 0 Å². The molecule has 4 nitrogen and oxygen atoms in total. The average Bonchev–Trinajstić information content (AvgIpc) is 2.61. The molecule has 0 aliphatic carbocycles. The van der Waals surface area contributed by atoms with E-state index >= 15 is 0 Å². The molecular weight excluding hydrogens is 328 g/mol. The minimum atomic E-state index is -3.92. The number of rotatable bonds is 6. The fraction of sp³-hybridized carbons (Fsp3) is 0.158. The summed E-state index contributed by atoms with van der Waals surface area (Å²) in [6.07, 6.45) is 0.332. The highest BCUT2D eigenvalue weighted by Gasteiger charge is 2.39. The Morgan fingerprint density at radius 2 is 1.60 bits per heavy atom. The van der Waals surface area contributed by atoms with Gasteiger partial charge in [-0.05, 0) is 24.6 Å². The maximum Gasteiger partial charge on any atom is 0.381 e. The number of amides is 1. The Morgan fingerprint density at radius 3 is 2.16 bits per heavy atom. The normalized spacial score (nSPS) is 11.7. The van der Waals surface area contributed by atoms with Gasteiger partial charge in [0, 0.05) is 17.3 Å². The number of alkyl halides is 2. The lowest BCUT2D eigenvalue weighted by molar-refractivity contribution is -0.164. The number of para-hydroxylation sites is 1. The minimum absolute atomic E-state index is 0.181. The Kier molecular flexibility index (Phi) is 6.00. The van der Waals surface area contributed by atoms with E-state index in [1.807, 2.05) is 0 Å². The van der Waals surface area contributed by atoms with E-state index in [0.29, 0.717) is 11.8 Å². The molecule has 6 heteroatoms. The summed E-state index contributed by atoms with van der Waals surface area (Å²) in [6, 6.07) is 16.4. The summed E-state index contributed by atoms with van der Waals surface area (Å²) in [6.45, 7) is 1.25. The second-order valence-electron chi connectivity index (χ2n) is 5.09. The molecule has 0 aromatic heterocycles. The van der Waals surface area contributed by atoms with Gasteiger partial charge in [-0.15, -0.1) is 0 Å². The molecule has 0 fully saturated rings. The number of halogens is 2. The van der Waals surface area contributed by atoms with E-state index in [1.54, 1.807) is 48.5 Å². The van der Waals surface area contributed by atoms with Crippen molar-refractivity contribution in [1.29, 1.82) is 0 Å². The fourth-order valence-corrected chi connectivity index (χ4v) is 2.09. The van der Waals surface area contributed by atoms with Crippen molar-refractivity contribution in [2.75, 3.05) is 11.9 Å². The molecule has 25 heavy (non-hydrogen) atoms. The summed E-state index contributed by atoms with van der Waals surface area (Å²) >= 11 is 0. The van der Waals surface area contributed by atoms with Gasteiger partial charge in [-0.2, -0.15) is 8.78 Å². The molecule has 1 N–H and O–H groups in total. The first-order valence-electron chi connectivity index (χ1n) is 7.63. The second kappa shape index (κ2) is 8.19. The van der Waals surface area contributed by atoms with Crippen molar-refractivity contribution >= 4 is 23.1 Å². The first-order chi connectivity index (χ1) is 11.9. The maximum absolute atomic E-state index is 14.1. The Bertz CT molecular complexity index is 759. The zero-order valence-electron chi connectivity index (χ0n) is 13.5. The largest absolute Gasteiger partial charge is 0.461 e. The second-order valence-corrected chi connectivity index (χ2v) is 5.09. The first-order valence-corrected chi connectivity index (χ1v) is 7.63. The van der Waals surface area contributed by atoms with E-state index in [2.05, 4.69) is 10.1 Å².